The van der Waals surface area contributed by atoms with E-state index in [2.05, 4.69) is 0 Å². The van der Waals surface area contributed by atoms with Crippen LogP contribution in [0.3, 0.4) is 0 Å². The van der Waals surface area contributed by atoms with Gasteiger partial charge >= 0.3 is 0 Å². The van der Waals surface area contributed by atoms with E-state index < -0.39 is 0 Å². The zero-order valence-electron chi connectivity index (χ0n) is 10.8. The number of Topliss-reactive ketones (excluding diaryl/α,β-unsaturated/α-hetero) is 1. The molecule has 1 fully saturated rings. The Morgan fingerprint density at radius 1 is 1.16 bits per heavy atom. The maximum atomic E-state index is 12.1. The molecule has 0 saturated carbocycles. The Hall–Kier alpha value is -2.16. The van der Waals surface area contributed by atoms with Gasteiger partial charge in [-0.25, -0.2) is 0 Å². The average Bonchev–Trinajstić information content (AvgIpc) is 2.65. The van der Waals surface area contributed by atoms with Gasteiger partial charge in [0.05, 0.1) is 12.5 Å². The molecule has 2 aliphatic rings. The van der Waals surface area contributed by atoms with E-state index >= 15 is 0 Å². The van der Waals surface area contributed by atoms with Gasteiger partial charge in [-0.3, -0.25) is 9.59 Å². The topological polar surface area (TPSA) is 37.4 Å². The SMILES string of the molecule is CC1=CC=C2C(C1)C(=O)C(=O)N2Cc1ccccc1. The fraction of sp³-hybridized carbons (Fsp3) is 0.250. The second-order valence-electron chi connectivity index (χ2n) is 5.10. The van der Waals surface area contributed by atoms with Crippen molar-refractivity contribution in [1.29, 1.82) is 0 Å². The summed E-state index contributed by atoms with van der Waals surface area (Å²) >= 11 is 0. The van der Waals surface area contributed by atoms with Gasteiger partial charge < -0.3 is 4.90 Å². The first kappa shape index (κ1) is 11.9. The van der Waals surface area contributed by atoms with Crippen LogP contribution >= 0.6 is 0 Å². The largest absolute Gasteiger partial charge is 0.304 e. The summed E-state index contributed by atoms with van der Waals surface area (Å²) in [5.41, 5.74) is 3.04. The molecule has 1 atom stereocenters. The number of carbonyl (C=O) groups excluding carboxylic acids is 2. The highest BCUT2D eigenvalue weighted by molar-refractivity contribution is 6.40. The third-order valence-corrected chi connectivity index (χ3v) is 3.69. The Kier molecular flexibility index (Phi) is 2.82. The standard InChI is InChI=1S/C16H15NO2/c1-11-7-8-14-13(9-11)15(18)16(19)17(14)10-12-5-3-2-4-6-12/h2-8,13H,9-10H2,1H3. The van der Waals surface area contributed by atoms with E-state index in [-0.39, 0.29) is 17.6 Å². The Morgan fingerprint density at radius 3 is 2.63 bits per heavy atom. The molecular weight excluding hydrogens is 238 g/mol. The van der Waals surface area contributed by atoms with Gasteiger partial charge in [0, 0.05) is 5.70 Å². The first-order chi connectivity index (χ1) is 9.16. The van der Waals surface area contributed by atoms with Gasteiger partial charge in [0.25, 0.3) is 5.91 Å². The lowest BCUT2D eigenvalue weighted by molar-refractivity contribution is -0.140. The number of carbonyl (C=O) groups is 2. The van der Waals surface area contributed by atoms with Crippen molar-refractivity contribution in [3.63, 3.8) is 0 Å². The van der Waals surface area contributed by atoms with Gasteiger partial charge in [-0.05, 0) is 25.0 Å². The highest BCUT2D eigenvalue weighted by Crippen LogP contribution is 2.35. The number of ketones is 1. The maximum absolute atomic E-state index is 12.1. The summed E-state index contributed by atoms with van der Waals surface area (Å²) in [4.78, 5) is 25.7. The summed E-state index contributed by atoms with van der Waals surface area (Å²) in [7, 11) is 0. The van der Waals surface area contributed by atoms with Crippen LogP contribution in [0, 0.1) is 5.92 Å². The van der Waals surface area contributed by atoms with Crippen LogP contribution in [0.2, 0.25) is 0 Å². The van der Waals surface area contributed by atoms with Gasteiger partial charge in [0.2, 0.25) is 5.78 Å². The van der Waals surface area contributed by atoms with Crippen molar-refractivity contribution in [2.75, 3.05) is 0 Å². The molecule has 96 valence electrons. The first-order valence-corrected chi connectivity index (χ1v) is 6.44. The summed E-state index contributed by atoms with van der Waals surface area (Å²) in [5.74, 6) is -0.904. The predicted molar refractivity (Wildman–Crippen MR) is 71.9 cm³/mol. The summed E-state index contributed by atoms with van der Waals surface area (Å²) in [6.07, 6.45) is 4.58. The Bertz CT molecular complexity index is 598. The maximum Gasteiger partial charge on any atom is 0.295 e. The average molecular weight is 253 g/mol. The lowest BCUT2D eigenvalue weighted by Crippen LogP contribution is -2.25. The highest BCUT2D eigenvalue weighted by Gasteiger charge is 2.43. The van der Waals surface area contributed by atoms with Crippen molar-refractivity contribution in [1.82, 2.24) is 4.90 Å². The Balaban J connectivity index is 1.92. The van der Waals surface area contributed by atoms with Gasteiger partial charge in [-0.1, -0.05) is 42.0 Å². The zero-order chi connectivity index (χ0) is 13.4. The molecule has 1 aromatic carbocycles. The third-order valence-electron chi connectivity index (χ3n) is 3.69. The number of fused-ring (bicyclic) bond motifs is 1. The Labute approximate surface area is 112 Å². The van der Waals surface area contributed by atoms with E-state index in [9.17, 15) is 9.59 Å². The number of allylic oxidation sites excluding steroid dienone is 4. The fourth-order valence-corrected chi connectivity index (χ4v) is 2.67. The second-order valence-corrected chi connectivity index (χ2v) is 5.10. The van der Waals surface area contributed by atoms with Gasteiger partial charge in [-0.2, -0.15) is 0 Å². The number of nitrogens with zero attached hydrogens (tertiary/aromatic N) is 1. The molecule has 1 amide bonds. The minimum absolute atomic E-state index is 0.263. The molecule has 3 heteroatoms. The molecule has 0 radical (unpaired) electrons. The molecule has 1 unspecified atom stereocenters. The number of hydrogen-bond acceptors (Lipinski definition) is 2. The fourth-order valence-electron chi connectivity index (χ4n) is 2.67. The zero-order valence-corrected chi connectivity index (χ0v) is 10.8. The quantitative estimate of drug-likeness (QED) is 0.759. The molecule has 0 bridgehead atoms. The van der Waals surface area contributed by atoms with E-state index in [1.807, 2.05) is 49.4 Å². The van der Waals surface area contributed by atoms with Crippen LogP contribution < -0.4 is 0 Å². The van der Waals surface area contributed by atoms with Crippen molar-refractivity contribution in [3.05, 3.63) is 59.3 Å². The van der Waals surface area contributed by atoms with E-state index in [1.165, 1.54) is 0 Å². The van der Waals surface area contributed by atoms with Gasteiger partial charge in [0.15, 0.2) is 0 Å². The van der Waals surface area contributed by atoms with Gasteiger partial charge in [-0.15, -0.1) is 0 Å². The highest BCUT2D eigenvalue weighted by atomic mass is 16.2. The molecule has 1 aliphatic heterocycles. The molecule has 3 rings (SSSR count). The lowest BCUT2D eigenvalue weighted by Gasteiger charge is -2.21. The van der Waals surface area contributed by atoms with E-state index in [0.717, 1.165) is 16.8 Å². The van der Waals surface area contributed by atoms with Crippen LogP contribution in [-0.2, 0) is 16.1 Å². The molecule has 3 nitrogen and oxygen atoms in total. The van der Waals surface area contributed by atoms with Crippen LogP contribution in [0.25, 0.3) is 0 Å². The van der Waals surface area contributed by atoms with Crippen LogP contribution in [0.5, 0.6) is 0 Å². The predicted octanol–water partition coefficient (Wildman–Crippen LogP) is 2.45. The normalized spacial score (nSPS) is 22.2. The smallest absolute Gasteiger partial charge is 0.295 e. The molecule has 19 heavy (non-hydrogen) atoms. The van der Waals surface area contributed by atoms with Crippen molar-refractivity contribution >= 4 is 11.7 Å². The summed E-state index contributed by atoms with van der Waals surface area (Å²) in [5, 5.41) is 0. The van der Waals surface area contributed by atoms with E-state index in [0.29, 0.717) is 13.0 Å². The monoisotopic (exact) mass is 253 g/mol. The molecule has 1 heterocycles. The van der Waals surface area contributed by atoms with E-state index in [4.69, 9.17) is 0 Å². The Morgan fingerprint density at radius 2 is 1.89 bits per heavy atom. The second kappa shape index (κ2) is 4.50. The van der Waals surface area contributed by atoms with Crippen LogP contribution in [0.1, 0.15) is 18.9 Å². The molecular formula is C16H15NO2. The minimum Gasteiger partial charge on any atom is -0.304 e. The third kappa shape index (κ3) is 2.01. The minimum atomic E-state index is -0.372. The number of amides is 1. The van der Waals surface area contributed by atoms with Crippen LogP contribution in [-0.4, -0.2) is 16.6 Å². The molecule has 0 aromatic heterocycles. The lowest BCUT2D eigenvalue weighted by atomic mass is 9.91. The molecule has 0 spiro atoms. The van der Waals surface area contributed by atoms with Crippen molar-refractivity contribution in [2.45, 2.75) is 19.9 Å². The van der Waals surface area contributed by atoms with E-state index in [1.54, 1.807) is 4.90 Å². The molecule has 1 aromatic rings. The number of hydrogen-bond donors (Lipinski definition) is 0. The first-order valence-electron chi connectivity index (χ1n) is 6.44. The summed E-state index contributed by atoms with van der Waals surface area (Å²) in [6, 6.07) is 9.75. The summed E-state index contributed by atoms with van der Waals surface area (Å²) < 4.78 is 0. The van der Waals surface area contributed by atoms with Crippen molar-refractivity contribution < 1.29 is 9.59 Å². The number of likely N-dealkylation sites (tertiary alicyclic amines) is 1. The molecule has 1 aliphatic carbocycles. The van der Waals surface area contributed by atoms with Gasteiger partial charge in [0.1, 0.15) is 0 Å². The van der Waals surface area contributed by atoms with Crippen LogP contribution in [0.4, 0.5) is 0 Å². The number of rotatable bonds is 2. The van der Waals surface area contributed by atoms with Crippen molar-refractivity contribution in [3.8, 4) is 0 Å². The number of benzene rings is 1. The molecule has 1 saturated heterocycles. The molecule has 0 N–H and O–H groups in total. The summed E-state index contributed by atoms with van der Waals surface area (Å²) in [6.45, 7) is 2.46. The van der Waals surface area contributed by atoms with Crippen molar-refractivity contribution in [2.24, 2.45) is 5.92 Å². The van der Waals surface area contributed by atoms with Crippen LogP contribution in [0.15, 0.2) is 53.8 Å².